The summed E-state index contributed by atoms with van der Waals surface area (Å²) in [5.74, 6) is 0.294. The monoisotopic (exact) mass is 421 g/mol. The maximum atomic E-state index is 13.5. The highest BCUT2D eigenvalue weighted by molar-refractivity contribution is 7.52. The van der Waals surface area contributed by atoms with Gasteiger partial charge in [0, 0.05) is 29.4 Å². The zero-order valence-electron chi connectivity index (χ0n) is 14.7. The van der Waals surface area contributed by atoms with Crippen LogP contribution < -0.4 is 16.8 Å². The predicted molar refractivity (Wildman–Crippen MR) is 103 cm³/mol. The van der Waals surface area contributed by atoms with Gasteiger partial charge in [-0.05, 0) is 42.4 Å². The Labute approximate surface area is 165 Å². The van der Waals surface area contributed by atoms with Crippen molar-refractivity contribution >= 4 is 42.5 Å². The molecule has 11 heteroatoms. The maximum absolute atomic E-state index is 13.5. The Morgan fingerprint density at radius 1 is 1.21 bits per heavy atom. The molecule has 1 aromatic heterocycles. The topological polar surface area (TPSA) is 138 Å². The van der Waals surface area contributed by atoms with Gasteiger partial charge in [0.1, 0.15) is 0 Å². The lowest BCUT2D eigenvalue weighted by Crippen LogP contribution is -2.40. The molecule has 1 fully saturated rings. The Hall–Kier alpha value is -2.71. The number of thiazole rings is 1. The van der Waals surface area contributed by atoms with Crippen molar-refractivity contribution in [2.45, 2.75) is 37.6 Å². The van der Waals surface area contributed by atoms with E-state index in [4.69, 9.17) is 11.5 Å². The van der Waals surface area contributed by atoms with Crippen molar-refractivity contribution in [2.24, 2.45) is 5.73 Å². The van der Waals surface area contributed by atoms with Crippen molar-refractivity contribution in [1.29, 1.82) is 0 Å². The van der Waals surface area contributed by atoms with Crippen LogP contribution in [0.2, 0.25) is 0 Å². The van der Waals surface area contributed by atoms with Crippen molar-refractivity contribution < 1.29 is 23.9 Å². The first-order valence-corrected chi connectivity index (χ1v) is 10.8. The highest BCUT2D eigenvalue weighted by Gasteiger charge is 2.47. The van der Waals surface area contributed by atoms with Crippen LogP contribution in [0.4, 0.5) is 15.3 Å². The number of carbonyl (C=O) groups is 2. The highest BCUT2D eigenvalue weighted by atomic mass is 32.1. The van der Waals surface area contributed by atoms with Crippen LogP contribution in [0, 0.1) is 0 Å². The molecule has 0 saturated heterocycles. The summed E-state index contributed by atoms with van der Waals surface area (Å²) in [6.07, 6.45) is 2.37. The van der Waals surface area contributed by atoms with Crippen molar-refractivity contribution in [3.63, 3.8) is 0 Å². The van der Waals surface area contributed by atoms with Crippen molar-refractivity contribution in [2.75, 3.05) is 5.73 Å². The number of carbonyl (C=O) groups excluding carboxylic acids is 2. The van der Waals surface area contributed by atoms with Gasteiger partial charge in [0.15, 0.2) is 0 Å². The second-order valence-corrected chi connectivity index (χ2v) is 9.23. The third-order valence-corrected chi connectivity index (χ3v) is 7.84. The van der Waals surface area contributed by atoms with Crippen molar-refractivity contribution in [3.05, 3.63) is 29.4 Å². The molecular weight excluding hydrogens is 403 g/mol. The second kappa shape index (κ2) is 7.37. The smallest absolute Gasteiger partial charge is 0.399 e. The fourth-order valence-electron chi connectivity index (χ4n) is 3.69. The number of aromatic nitrogens is 1. The first-order valence-electron chi connectivity index (χ1n) is 8.74. The average Bonchev–Trinajstić information content (AvgIpc) is 3.15. The fraction of sp³-hybridized carbons (Fsp3) is 0.353. The number of nitrogens with two attached hydrogens (primary N) is 2. The van der Waals surface area contributed by atoms with Crippen LogP contribution in [0.3, 0.4) is 0 Å². The van der Waals surface area contributed by atoms with Gasteiger partial charge < -0.3 is 11.5 Å². The van der Waals surface area contributed by atoms with E-state index in [-0.39, 0.29) is 6.04 Å². The zero-order chi connectivity index (χ0) is 19.8. The Morgan fingerprint density at radius 2 is 1.96 bits per heavy atom. The van der Waals surface area contributed by atoms with E-state index in [0.29, 0.717) is 35.3 Å². The lowest BCUT2D eigenvalue weighted by Gasteiger charge is -2.28. The minimum atomic E-state index is -2.38. The van der Waals surface area contributed by atoms with Crippen molar-refractivity contribution in [3.8, 4) is 10.4 Å². The fourth-order valence-corrected chi connectivity index (χ4v) is 6.49. The number of hydrogen-bond acceptors (Lipinski definition) is 8. The predicted octanol–water partition coefficient (Wildman–Crippen LogP) is 3.25. The third-order valence-electron chi connectivity index (χ3n) is 4.99. The summed E-state index contributed by atoms with van der Waals surface area (Å²) in [7, 11) is -2.38. The summed E-state index contributed by atoms with van der Waals surface area (Å²) >= 11 is 1.57. The maximum Gasteiger partial charge on any atom is 0.508 e. The van der Waals surface area contributed by atoms with E-state index in [1.54, 1.807) is 35.7 Å². The molecule has 0 radical (unpaired) electrons. The molecule has 0 spiro atoms. The SMILES string of the molecule is NC(=O)OOC(=O)N1C2CCC(CC2)c2ncc(s2)-c2ccc(N)cc2[P+]1=O. The number of anilines is 1. The van der Waals surface area contributed by atoms with Gasteiger partial charge in [0.25, 0.3) is 0 Å². The van der Waals surface area contributed by atoms with E-state index in [9.17, 15) is 14.2 Å². The van der Waals surface area contributed by atoms with Crippen LogP contribution in [-0.4, -0.2) is 27.9 Å². The van der Waals surface area contributed by atoms with E-state index in [1.165, 1.54) is 0 Å². The lowest BCUT2D eigenvalue weighted by molar-refractivity contribution is -0.182. The molecule has 1 unspecified atom stereocenters. The van der Waals surface area contributed by atoms with Crippen LogP contribution in [0.1, 0.15) is 36.6 Å². The minimum Gasteiger partial charge on any atom is -0.399 e. The number of rotatable bonds is 0. The molecule has 5 rings (SSSR count). The molecule has 1 aliphatic carbocycles. The van der Waals surface area contributed by atoms with Gasteiger partial charge in [0.2, 0.25) is 5.30 Å². The van der Waals surface area contributed by atoms with Gasteiger partial charge >= 0.3 is 20.1 Å². The molecule has 3 heterocycles. The first-order chi connectivity index (χ1) is 13.4. The number of benzene rings is 1. The molecule has 2 aromatic rings. The van der Waals surface area contributed by atoms with Gasteiger partial charge in [-0.25, -0.2) is 24.3 Å². The second-order valence-electron chi connectivity index (χ2n) is 6.71. The van der Waals surface area contributed by atoms with E-state index < -0.39 is 20.1 Å². The largest absolute Gasteiger partial charge is 0.508 e. The van der Waals surface area contributed by atoms with Gasteiger partial charge in [0.05, 0.1) is 15.9 Å². The van der Waals surface area contributed by atoms with E-state index in [0.717, 1.165) is 27.4 Å². The van der Waals surface area contributed by atoms with E-state index >= 15 is 0 Å². The van der Waals surface area contributed by atoms with Gasteiger partial charge in [-0.1, -0.05) is 4.67 Å². The molecular formula is C17H18N4O5PS+. The summed E-state index contributed by atoms with van der Waals surface area (Å²) in [6.45, 7) is 0. The minimum absolute atomic E-state index is 0.294. The first kappa shape index (κ1) is 18.6. The molecule has 4 bridgehead atoms. The summed E-state index contributed by atoms with van der Waals surface area (Å²) < 4.78 is 14.7. The number of primary amides is 1. The third kappa shape index (κ3) is 3.41. The number of nitrogens with zero attached hydrogens (tertiary/aromatic N) is 2. The molecule has 146 valence electrons. The quantitative estimate of drug-likeness (QED) is 0.288. The van der Waals surface area contributed by atoms with E-state index in [2.05, 4.69) is 14.8 Å². The molecule has 1 saturated carbocycles. The Kier molecular flexibility index (Phi) is 4.91. The highest BCUT2D eigenvalue weighted by Crippen LogP contribution is 2.45. The molecule has 2 amide bonds. The lowest BCUT2D eigenvalue weighted by atomic mass is 9.86. The van der Waals surface area contributed by atoms with Crippen LogP contribution in [0.15, 0.2) is 24.4 Å². The number of amides is 2. The Morgan fingerprint density at radius 3 is 2.68 bits per heavy atom. The summed E-state index contributed by atoms with van der Waals surface area (Å²) in [5.41, 5.74) is 11.9. The average molecular weight is 421 g/mol. The Balaban J connectivity index is 1.81. The normalized spacial score (nSPS) is 22.1. The molecule has 1 atom stereocenters. The molecule has 3 aliphatic rings. The van der Waals surface area contributed by atoms with Gasteiger partial charge in [-0.3, -0.25) is 0 Å². The summed E-state index contributed by atoms with van der Waals surface area (Å²) in [4.78, 5) is 37.6. The number of fused-ring (bicyclic) bond motifs is 3. The summed E-state index contributed by atoms with van der Waals surface area (Å²) in [5, 5.41) is 1.45. The standard InChI is InChI=1S/C17H17N4O5PS/c18-10-3-6-12-13(7-10)27(24)21(17(23)26-25-16(19)22)11-4-1-9(2-5-11)15-20-8-14(12)28-15/h3,6-9,11H,1-2,4-5,18H2,(H-,19,22)/p+1. The molecule has 2 aliphatic heterocycles. The number of hydrogen-bond donors (Lipinski definition) is 2. The molecule has 1 aromatic carbocycles. The van der Waals surface area contributed by atoms with Crippen LogP contribution in [0.5, 0.6) is 0 Å². The number of nitrogen functional groups attached to an aromatic ring is 1. The van der Waals surface area contributed by atoms with E-state index in [1.807, 2.05) is 0 Å². The van der Waals surface area contributed by atoms with Gasteiger partial charge in [-0.2, -0.15) is 0 Å². The van der Waals surface area contributed by atoms with Crippen LogP contribution in [-0.2, 0) is 14.3 Å². The molecule has 28 heavy (non-hydrogen) atoms. The summed E-state index contributed by atoms with van der Waals surface area (Å²) in [6, 6.07) is 4.76. The Bertz CT molecular complexity index is 957. The molecule has 4 N–H and O–H groups in total. The molecule has 9 nitrogen and oxygen atoms in total. The van der Waals surface area contributed by atoms with Crippen molar-refractivity contribution in [1.82, 2.24) is 9.65 Å². The van der Waals surface area contributed by atoms with Gasteiger partial charge in [-0.15, -0.1) is 11.3 Å². The zero-order valence-corrected chi connectivity index (χ0v) is 16.4. The van der Waals surface area contributed by atoms with Crippen LogP contribution in [0.25, 0.3) is 10.4 Å². The van der Waals surface area contributed by atoms with Crippen LogP contribution >= 0.6 is 19.3 Å².